The fraction of sp³-hybridized carbons (Fsp3) is 0.533. The highest BCUT2D eigenvalue weighted by molar-refractivity contribution is 5.93. The van der Waals surface area contributed by atoms with Crippen molar-refractivity contribution >= 4 is 11.6 Å². The maximum absolute atomic E-state index is 12.1. The molecule has 2 aliphatic heterocycles. The number of hydrogen-bond acceptors (Lipinski definition) is 4. The molecule has 108 valence electrons. The summed E-state index contributed by atoms with van der Waals surface area (Å²) in [6.45, 7) is 3.10. The molecule has 0 unspecified atom stereocenters. The zero-order valence-corrected chi connectivity index (χ0v) is 11.5. The molecule has 2 N–H and O–H groups in total. The van der Waals surface area contributed by atoms with Gasteiger partial charge in [-0.1, -0.05) is 6.07 Å². The molecule has 5 nitrogen and oxygen atoms in total. The predicted molar refractivity (Wildman–Crippen MR) is 76.3 cm³/mol. The summed E-state index contributed by atoms with van der Waals surface area (Å²) in [4.78, 5) is 12.1. The van der Waals surface area contributed by atoms with Crippen LogP contribution in [0.15, 0.2) is 18.2 Å². The standard InChI is InChI=1S/C15H20N2O3/c18-14(10-11-4-6-16-7-5-11)17-12-2-1-3-13-15(12)20-9-8-19-13/h1-3,11,16H,4-10H2,(H,17,18). The molecule has 0 aliphatic carbocycles. The second kappa shape index (κ2) is 6.13. The molecule has 0 spiro atoms. The van der Waals surface area contributed by atoms with E-state index >= 15 is 0 Å². The Balaban J connectivity index is 1.63. The summed E-state index contributed by atoms with van der Waals surface area (Å²) >= 11 is 0. The van der Waals surface area contributed by atoms with Crippen molar-refractivity contribution in [2.45, 2.75) is 19.3 Å². The minimum absolute atomic E-state index is 0.0551. The molecule has 2 aliphatic rings. The van der Waals surface area contributed by atoms with E-state index in [-0.39, 0.29) is 5.91 Å². The molecular weight excluding hydrogens is 256 g/mol. The number of anilines is 1. The van der Waals surface area contributed by atoms with Crippen molar-refractivity contribution < 1.29 is 14.3 Å². The van der Waals surface area contributed by atoms with Crippen LogP contribution in [0, 0.1) is 5.92 Å². The van der Waals surface area contributed by atoms with Gasteiger partial charge >= 0.3 is 0 Å². The maximum Gasteiger partial charge on any atom is 0.224 e. The van der Waals surface area contributed by atoms with Gasteiger partial charge in [0.25, 0.3) is 0 Å². The number of fused-ring (bicyclic) bond motifs is 1. The van der Waals surface area contributed by atoms with Crippen LogP contribution in [0.2, 0.25) is 0 Å². The van der Waals surface area contributed by atoms with E-state index in [1.165, 1.54) is 0 Å². The van der Waals surface area contributed by atoms with Gasteiger partial charge in [0.05, 0.1) is 5.69 Å². The molecule has 0 aromatic heterocycles. The van der Waals surface area contributed by atoms with Crippen LogP contribution < -0.4 is 20.1 Å². The third-order valence-electron chi connectivity index (χ3n) is 3.77. The Kier molecular flexibility index (Phi) is 4.06. The van der Waals surface area contributed by atoms with E-state index in [4.69, 9.17) is 9.47 Å². The van der Waals surface area contributed by atoms with Gasteiger partial charge in [0.2, 0.25) is 5.91 Å². The van der Waals surface area contributed by atoms with E-state index in [2.05, 4.69) is 10.6 Å². The smallest absolute Gasteiger partial charge is 0.224 e. The Morgan fingerprint density at radius 1 is 1.25 bits per heavy atom. The number of nitrogens with one attached hydrogen (secondary N) is 2. The maximum atomic E-state index is 12.1. The highest BCUT2D eigenvalue weighted by Crippen LogP contribution is 2.37. The van der Waals surface area contributed by atoms with Crippen molar-refractivity contribution in [2.24, 2.45) is 5.92 Å². The zero-order chi connectivity index (χ0) is 13.8. The molecule has 2 heterocycles. The van der Waals surface area contributed by atoms with Gasteiger partial charge in [0.1, 0.15) is 13.2 Å². The van der Waals surface area contributed by atoms with Gasteiger partial charge in [-0.3, -0.25) is 4.79 Å². The molecular formula is C15H20N2O3. The van der Waals surface area contributed by atoms with Crippen molar-refractivity contribution in [1.29, 1.82) is 0 Å². The molecule has 0 radical (unpaired) electrons. The predicted octanol–water partition coefficient (Wildman–Crippen LogP) is 1.79. The number of piperidine rings is 1. The van der Waals surface area contributed by atoms with Crippen LogP contribution in [0.4, 0.5) is 5.69 Å². The highest BCUT2D eigenvalue weighted by Gasteiger charge is 2.20. The van der Waals surface area contributed by atoms with Gasteiger partial charge in [-0.25, -0.2) is 0 Å². The number of amides is 1. The molecule has 1 fully saturated rings. The van der Waals surface area contributed by atoms with E-state index in [0.29, 0.717) is 42.7 Å². The molecule has 1 aromatic rings. The lowest BCUT2D eigenvalue weighted by molar-refractivity contribution is -0.117. The molecule has 0 atom stereocenters. The van der Waals surface area contributed by atoms with Crippen LogP contribution >= 0.6 is 0 Å². The minimum Gasteiger partial charge on any atom is -0.486 e. The molecule has 1 amide bonds. The number of carbonyl (C=O) groups is 1. The topological polar surface area (TPSA) is 59.6 Å². The van der Waals surface area contributed by atoms with Crippen LogP contribution in [0.25, 0.3) is 0 Å². The summed E-state index contributed by atoms with van der Waals surface area (Å²) in [6.07, 6.45) is 2.71. The average Bonchev–Trinajstić information content (AvgIpc) is 2.48. The summed E-state index contributed by atoms with van der Waals surface area (Å²) in [7, 11) is 0. The van der Waals surface area contributed by atoms with Crippen molar-refractivity contribution in [2.75, 3.05) is 31.6 Å². The molecule has 3 rings (SSSR count). The van der Waals surface area contributed by atoms with Crippen LogP contribution in [-0.2, 0) is 4.79 Å². The first kappa shape index (κ1) is 13.2. The second-order valence-electron chi connectivity index (χ2n) is 5.28. The molecule has 0 bridgehead atoms. The van der Waals surface area contributed by atoms with Gasteiger partial charge in [-0.05, 0) is 44.0 Å². The average molecular weight is 276 g/mol. The quantitative estimate of drug-likeness (QED) is 0.883. The summed E-state index contributed by atoms with van der Waals surface area (Å²) in [6, 6.07) is 5.58. The van der Waals surface area contributed by atoms with Crippen molar-refractivity contribution in [1.82, 2.24) is 5.32 Å². The van der Waals surface area contributed by atoms with E-state index < -0.39 is 0 Å². The Morgan fingerprint density at radius 2 is 2.05 bits per heavy atom. The van der Waals surface area contributed by atoms with Crippen molar-refractivity contribution in [3.05, 3.63) is 18.2 Å². The number of rotatable bonds is 3. The largest absolute Gasteiger partial charge is 0.486 e. The summed E-state index contributed by atoms with van der Waals surface area (Å²) < 4.78 is 11.1. The lowest BCUT2D eigenvalue weighted by Crippen LogP contribution is -2.30. The van der Waals surface area contributed by atoms with Crippen LogP contribution in [0.1, 0.15) is 19.3 Å². The first-order valence-electron chi connectivity index (χ1n) is 7.22. The normalized spacial score (nSPS) is 18.6. The Bertz CT molecular complexity index is 484. The molecule has 1 aromatic carbocycles. The number of hydrogen-bond donors (Lipinski definition) is 2. The molecule has 20 heavy (non-hydrogen) atoms. The van der Waals surface area contributed by atoms with E-state index in [9.17, 15) is 4.79 Å². The monoisotopic (exact) mass is 276 g/mol. The van der Waals surface area contributed by atoms with E-state index in [1.54, 1.807) is 0 Å². The minimum atomic E-state index is 0.0551. The van der Waals surface area contributed by atoms with Gasteiger partial charge in [-0.2, -0.15) is 0 Å². The number of benzene rings is 1. The summed E-state index contributed by atoms with van der Waals surface area (Å²) in [5.74, 6) is 1.89. The number of carbonyl (C=O) groups excluding carboxylic acids is 1. The number of para-hydroxylation sites is 1. The Morgan fingerprint density at radius 3 is 2.90 bits per heavy atom. The fourth-order valence-electron chi connectivity index (χ4n) is 2.72. The third-order valence-corrected chi connectivity index (χ3v) is 3.77. The summed E-state index contributed by atoms with van der Waals surface area (Å²) in [5, 5.41) is 6.26. The van der Waals surface area contributed by atoms with Gasteiger partial charge in [0, 0.05) is 6.42 Å². The Labute approximate surface area is 118 Å². The van der Waals surface area contributed by atoms with E-state index in [0.717, 1.165) is 25.9 Å². The van der Waals surface area contributed by atoms with Crippen LogP contribution in [0.5, 0.6) is 11.5 Å². The van der Waals surface area contributed by atoms with Gasteiger partial charge < -0.3 is 20.1 Å². The lowest BCUT2D eigenvalue weighted by atomic mass is 9.94. The summed E-state index contributed by atoms with van der Waals surface area (Å²) in [5.41, 5.74) is 0.709. The molecule has 1 saturated heterocycles. The van der Waals surface area contributed by atoms with Crippen LogP contribution in [0.3, 0.4) is 0 Å². The Hall–Kier alpha value is -1.75. The van der Waals surface area contributed by atoms with Crippen LogP contribution in [-0.4, -0.2) is 32.2 Å². The lowest BCUT2D eigenvalue weighted by Gasteiger charge is -2.23. The molecule has 0 saturated carbocycles. The fourth-order valence-corrected chi connectivity index (χ4v) is 2.72. The van der Waals surface area contributed by atoms with Gasteiger partial charge in [0.15, 0.2) is 11.5 Å². The molecule has 5 heteroatoms. The van der Waals surface area contributed by atoms with Crippen molar-refractivity contribution in [3.63, 3.8) is 0 Å². The zero-order valence-electron chi connectivity index (χ0n) is 11.5. The first-order valence-corrected chi connectivity index (χ1v) is 7.22. The van der Waals surface area contributed by atoms with Gasteiger partial charge in [-0.15, -0.1) is 0 Å². The SMILES string of the molecule is O=C(CC1CCNCC1)Nc1cccc2c1OCCO2. The van der Waals surface area contributed by atoms with E-state index in [1.807, 2.05) is 18.2 Å². The first-order chi connectivity index (χ1) is 9.83. The highest BCUT2D eigenvalue weighted by atomic mass is 16.6. The second-order valence-corrected chi connectivity index (χ2v) is 5.28. The number of ether oxygens (including phenoxy) is 2. The van der Waals surface area contributed by atoms with Crippen molar-refractivity contribution in [3.8, 4) is 11.5 Å². The third kappa shape index (κ3) is 3.04.